The van der Waals surface area contributed by atoms with Gasteiger partial charge in [0.15, 0.2) is 0 Å². The van der Waals surface area contributed by atoms with E-state index >= 15 is 0 Å². The Morgan fingerprint density at radius 3 is 2.56 bits per heavy atom. The number of para-hydroxylation sites is 1. The Kier molecular flexibility index (Phi) is 3.23. The summed E-state index contributed by atoms with van der Waals surface area (Å²) in [7, 11) is 0. The first-order chi connectivity index (χ1) is 8.52. The van der Waals surface area contributed by atoms with E-state index in [1.54, 1.807) is 0 Å². The third kappa shape index (κ3) is 2.03. The van der Waals surface area contributed by atoms with E-state index in [1.807, 2.05) is 32.0 Å². The fourth-order valence-electron chi connectivity index (χ4n) is 2.25. The standard InChI is InChI=1S/C13H15NO4/c1-8-4-3-5-9(2)11(8)14-10(12(15)16)6-7-18-13(14)17/h3-5,10H,6-7H2,1-2H3,(H,15,16). The van der Waals surface area contributed by atoms with Crippen LogP contribution in [0.2, 0.25) is 0 Å². The third-order valence-electron chi connectivity index (χ3n) is 3.09. The van der Waals surface area contributed by atoms with Crippen molar-refractivity contribution in [2.75, 3.05) is 11.5 Å². The van der Waals surface area contributed by atoms with Crippen molar-refractivity contribution in [1.29, 1.82) is 0 Å². The zero-order chi connectivity index (χ0) is 13.3. The Morgan fingerprint density at radius 1 is 1.39 bits per heavy atom. The number of cyclic esters (lactones) is 1. The van der Waals surface area contributed by atoms with Gasteiger partial charge in [-0.15, -0.1) is 0 Å². The van der Waals surface area contributed by atoms with Crippen molar-refractivity contribution >= 4 is 17.7 Å². The summed E-state index contributed by atoms with van der Waals surface area (Å²) in [6.45, 7) is 3.85. The van der Waals surface area contributed by atoms with Gasteiger partial charge in [-0.05, 0) is 25.0 Å². The molecule has 2 rings (SSSR count). The summed E-state index contributed by atoms with van der Waals surface area (Å²) >= 11 is 0. The molecule has 0 saturated carbocycles. The highest BCUT2D eigenvalue weighted by atomic mass is 16.6. The number of amides is 1. The van der Waals surface area contributed by atoms with Gasteiger partial charge >= 0.3 is 12.1 Å². The van der Waals surface area contributed by atoms with Crippen LogP contribution in [0.25, 0.3) is 0 Å². The van der Waals surface area contributed by atoms with Gasteiger partial charge in [0.25, 0.3) is 0 Å². The second-order valence-corrected chi connectivity index (χ2v) is 4.37. The number of carbonyl (C=O) groups is 2. The molecule has 1 aromatic carbocycles. The Morgan fingerprint density at radius 2 is 2.00 bits per heavy atom. The molecule has 1 aromatic rings. The number of aliphatic carboxylic acids is 1. The number of hydrogen-bond donors (Lipinski definition) is 1. The second-order valence-electron chi connectivity index (χ2n) is 4.37. The monoisotopic (exact) mass is 249 g/mol. The lowest BCUT2D eigenvalue weighted by molar-refractivity contribution is -0.139. The predicted molar refractivity (Wildman–Crippen MR) is 65.8 cm³/mol. The number of benzene rings is 1. The van der Waals surface area contributed by atoms with Crippen LogP contribution in [-0.4, -0.2) is 29.8 Å². The van der Waals surface area contributed by atoms with Gasteiger partial charge in [0, 0.05) is 6.42 Å². The number of ether oxygens (including phenoxy) is 1. The molecule has 1 amide bonds. The average Bonchev–Trinajstić information content (AvgIpc) is 2.30. The smallest absolute Gasteiger partial charge is 0.415 e. The van der Waals surface area contributed by atoms with Gasteiger partial charge in [-0.25, -0.2) is 9.59 Å². The molecule has 1 N–H and O–H groups in total. The first-order valence-corrected chi connectivity index (χ1v) is 5.77. The summed E-state index contributed by atoms with van der Waals surface area (Å²) in [4.78, 5) is 24.4. The van der Waals surface area contributed by atoms with E-state index in [-0.39, 0.29) is 6.61 Å². The zero-order valence-corrected chi connectivity index (χ0v) is 10.3. The summed E-state index contributed by atoms with van der Waals surface area (Å²) in [6, 6.07) is 4.72. The molecule has 1 atom stereocenters. The van der Waals surface area contributed by atoms with Crippen LogP contribution in [0.1, 0.15) is 17.5 Å². The van der Waals surface area contributed by atoms with E-state index in [1.165, 1.54) is 4.90 Å². The van der Waals surface area contributed by atoms with Crippen molar-refractivity contribution in [2.45, 2.75) is 26.3 Å². The molecule has 18 heavy (non-hydrogen) atoms. The number of carbonyl (C=O) groups excluding carboxylic acids is 1. The number of anilines is 1. The molecular weight excluding hydrogens is 234 g/mol. The molecule has 1 fully saturated rings. The largest absolute Gasteiger partial charge is 0.480 e. The number of rotatable bonds is 2. The van der Waals surface area contributed by atoms with E-state index in [9.17, 15) is 14.7 Å². The minimum atomic E-state index is -1.01. The van der Waals surface area contributed by atoms with Gasteiger partial charge in [0.2, 0.25) is 0 Å². The van der Waals surface area contributed by atoms with Crippen LogP contribution in [0, 0.1) is 13.8 Å². The van der Waals surface area contributed by atoms with Crippen LogP contribution in [0.3, 0.4) is 0 Å². The van der Waals surface area contributed by atoms with Crippen molar-refractivity contribution in [2.24, 2.45) is 0 Å². The van der Waals surface area contributed by atoms with Crippen LogP contribution in [0.15, 0.2) is 18.2 Å². The fourth-order valence-corrected chi connectivity index (χ4v) is 2.25. The van der Waals surface area contributed by atoms with Crippen LogP contribution in [-0.2, 0) is 9.53 Å². The van der Waals surface area contributed by atoms with Crippen molar-refractivity contribution in [3.05, 3.63) is 29.3 Å². The lowest BCUT2D eigenvalue weighted by atomic mass is 10.0. The maximum Gasteiger partial charge on any atom is 0.415 e. The van der Waals surface area contributed by atoms with Crippen molar-refractivity contribution < 1.29 is 19.4 Å². The molecule has 1 saturated heterocycles. The molecule has 0 spiro atoms. The molecule has 0 aromatic heterocycles. The topological polar surface area (TPSA) is 66.8 Å². The van der Waals surface area contributed by atoms with Gasteiger partial charge in [-0.1, -0.05) is 18.2 Å². The van der Waals surface area contributed by atoms with E-state index in [0.717, 1.165) is 11.1 Å². The summed E-state index contributed by atoms with van der Waals surface area (Å²) in [6.07, 6.45) is -0.291. The molecule has 96 valence electrons. The Bertz CT molecular complexity index is 478. The number of nitrogens with zero attached hydrogens (tertiary/aromatic N) is 1. The number of hydrogen-bond acceptors (Lipinski definition) is 3. The van der Waals surface area contributed by atoms with Crippen LogP contribution < -0.4 is 4.90 Å². The SMILES string of the molecule is Cc1cccc(C)c1N1C(=O)OCCC1C(=O)O. The Hall–Kier alpha value is -2.04. The maximum atomic E-state index is 11.9. The molecule has 1 aliphatic rings. The molecule has 0 bridgehead atoms. The quantitative estimate of drug-likeness (QED) is 0.871. The molecule has 0 radical (unpaired) electrons. The third-order valence-corrected chi connectivity index (χ3v) is 3.09. The van der Waals surface area contributed by atoms with E-state index in [4.69, 9.17) is 4.74 Å². The molecule has 1 aliphatic heterocycles. The maximum absolute atomic E-state index is 11.9. The molecular formula is C13H15NO4. The lowest BCUT2D eigenvalue weighted by Crippen LogP contribution is -2.50. The Labute approximate surface area is 105 Å². The Balaban J connectivity index is 2.50. The van der Waals surface area contributed by atoms with Gasteiger partial charge in [0.1, 0.15) is 6.04 Å². The lowest BCUT2D eigenvalue weighted by Gasteiger charge is -2.34. The van der Waals surface area contributed by atoms with E-state index in [0.29, 0.717) is 12.1 Å². The van der Waals surface area contributed by atoms with Gasteiger partial charge in [-0.3, -0.25) is 4.90 Å². The van der Waals surface area contributed by atoms with Crippen molar-refractivity contribution in [3.8, 4) is 0 Å². The number of carboxylic acid groups (broad SMARTS) is 1. The predicted octanol–water partition coefficient (Wildman–Crippen LogP) is 2.10. The first-order valence-electron chi connectivity index (χ1n) is 5.77. The number of carboxylic acids is 1. The average molecular weight is 249 g/mol. The molecule has 5 nitrogen and oxygen atoms in total. The highest BCUT2D eigenvalue weighted by molar-refractivity contribution is 5.97. The summed E-state index contributed by atoms with van der Waals surface area (Å²) in [5, 5.41) is 9.22. The minimum Gasteiger partial charge on any atom is -0.480 e. The summed E-state index contributed by atoms with van der Waals surface area (Å²) in [5.74, 6) is -1.01. The van der Waals surface area contributed by atoms with E-state index < -0.39 is 18.1 Å². The van der Waals surface area contributed by atoms with Crippen LogP contribution >= 0.6 is 0 Å². The fraction of sp³-hybridized carbons (Fsp3) is 0.385. The molecule has 1 unspecified atom stereocenters. The summed E-state index contributed by atoms with van der Waals surface area (Å²) < 4.78 is 4.96. The number of aryl methyl sites for hydroxylation is 2. The second kappa shape index (κ2) is 4.68. The first kappa shape index (κ1) is 12.4. The molecule has 5 heteroatoms. The van der Waals surface area contributed by atoms with Gasteiger partial charge in [0.05, 0.1) is 12.3 Å². The highest BCUT2D eigenvalue weighted by Crippen LogP contribution is 2.30. The van der Waals surface area contributed by atoms with Crippen molar-refractivity contribution in [1.82, 2.24) is 0 Å². The van der Waals surface area contributed by atoms with Gasteiger partial charge in [-0.2, -0.15) is 0 Å². The zero-order valence-electron chi connectivity index (χ0n) is 10.3. The molecule has 1 heterocycles. The van der Waals surface area contributed by atoms with E-state index in [2.05, 4.69) is 0 Å². The van der Waals surface area contributed by atoms with Gasteiger partial charge < -0.3 is 9.84 Å². The molecule has 0 aliphatic carbocycles. The van der Waals surface area contributed by atoms with Crippen LogP contribution in [0.4, 0.5) is 10.5 Å². The van der Waals surface area contributed by atoms with Crippen LogP contribution in [0.5, 0.6) is 0 Å². The van der Waals surface area contributed by atoms with Crippen molar-refractivity contribution in [3.63, 3.8) is 0 Å². The summed E-state index contributed by atoms with van der Waals surface area (Å²) in [5.41, 5.74) is 2.36. The highest BCUT2D eigenvalue weighted by Gasteiger charge is 2.37. The normalized spacial score (nSPS) is 19.6. The minimum absolute atomic E-state index is 0.150.